The minimum absolute atomic E-state index is 0.0731. The van der Waals surface area contributed by atoms with Crippen molar-refractivity contribution in [1.29, 1.82) is 0 Å². The van der Waals surface area contributed by atoms with Gasteiger partial charge in [-0.1, -0.05) is 0 Å². The van der Waals surface area contributed by atoms with Crippen LogP contribution in [-0.4, -0.2) is 68.3 Å². The Morgan fingerprint density at radius 2 is 1.18 bits per heavy atom. The van der Waals surface area contributed by atoms with Gasteiger partial charge < -0.3 is 9.13 Å². The summed E-state index contributed by atoms with van der Waals surface area (Å²) in [5, 5.41) is 1.22. The lowest BCUT2D eigenvalue weighted by molar-refractivity contribution is -0.178. The van der Waals surface area contributed by atoms with Gasteiger partial charge in [-0.3, -0.25) is 42.3 Å². The number of imidazole rings is 2. The molecule has 4 aromatic heterocycles. The number of fused-ring (bicyclic) bond motifs is 2. The molecular formula is C29H39N9O7. The smallest absolute Gasteiger partial charge is 0.328 e. The van der Waals surface area contributed by atoms with Crippen LogP contribution in [0.1, 0.15) is 32.6 Å². The van der Waals surface area contributed by atoms with E-state index in [0.29, 0.717) is 48.3 Å². The van der Waals surface area contributed by atoms with Gasteiger partial charge in [-0.2, -0.15) is 0 Å². The Morgan fingerprint density at radius 3 is 1.56 bits per heavy atom. The fourth-order valence-corrected chi connectivity index (χ4v) is 6.28. The molecule has 45 heavy (non-hydrogen) atoms. The third-order valence-electron chi connectivity index (χ3n) is 9.26. The van der Waals surface area contributed by atoms with Gasteiger partial charge in [-0.15, -0.1) is 0 Å². The largest absolute Gasteiger partial charge is 0.332 e. The summed E-state index contributed by atoms with van der Waals surface area (Å²) in [6.45, 7) is 2.28. The number of carbonyl (C=O) groups excluding carboxylic acids is 2. The summed E-state index contributed by atoms with van der Waals surface area (Å²) in [7, 11) is 9.71. The minimum atomic E-state index is -0.380. The lowest BCUT2D eigenvalue weighted by Gasteiger charge is -2.35. The second-order valence-corrected chi connectivity index (χ2v) is 12.3. The van der Waals surface area contributed by atoms with Gasteiger partial charge in [-0.05, 0) is 44.4 Å². The molecule has 16 heteroatoms. The van der Waals surface area contributed by atoms with Gasteiger partial charge in [0.2, 0.25) is 5.91 Å². The normalized spacial score (nSPS) is 20.8. The van der Waals surface area contributed by atoms with Crippen LogP contribution >= 0.6 is 0 Å². The number of hydrogen-bond donors (Lipinski definition) is 0. The molecule has 0 unspecified atom stereocenters. The van der Waals surface area contributed by atoms with E-state index in [-0.39, 0.29) is 57.9 Å². The molecular weight excluding hydrogens is 586 g/mol. The number of aromatic nitrogens is 8. The Labute approximate surface area is 257 Å². The average Bonchev–Trinajstić information content (AvgIpc) is 3.54. The molecule has 0 aromatic carbocycles. The lowest BCUT2D eigenvalue weighted by atomic mass is 9.73. The average molecular weight is 626 g/mol. The molecule has 0 saturated heterocycles. The highest BCUT2D eigenvalue weighted by Crippen LogP contribution is 2.36. The standard InChI is InChI=1S/C15H21N5O4.C14H18N4O3/c1-17-8-16-12-11(17)14(22)20(15(23)18(12)2)7-9-5-10(6-9)13(21)19(3)24-4;1-8(19)10-4-9(5-10)6-18-13(20)11-12(15-7-16(11)2)17(3)14(18)21/h8-10H,5-7H2,1-4H3;7,9-10H,4-6H2,1-3H3. The first-order chi connectivity index (χ1) is 21.2. The van der Waals surface area contributed by atoms with Crippen LogP contribution in [0, 0.1) is 23.7 Å². The van der Waals surface area contributed by atoms with E-state index in [1.807, 2.05) is 0 Å². The molecule has 1 amide bonds. The third kappa shape index (κ3) is 5.58. The number of rotatable bonds is 7. The molecule has 2 aliphatic carbocycles. The molecule has 0 radical (unpaired) electrons. The summed E-state index contributed by atoms with van der Waals surface area (Å²) >= 11 is 0. The second kappa shape index (κ2) is 12.1. The third-order valence-corrected chi connectivity index (χ3v) is 9.26. The van der Waals surface area contributed by atoms with Gasteiger partial charge in [0.15, 0.2) is 22.3 Å². The Bertz CT molecular complexity index is 2030. The molecule has 0 aliphatic heterocycles. The molecule has 2 saturated carbocycles. The van der Waals surface area contributed by atoms with Crippen LogP contribution in [0.3, 0.4) is 0 Å². The molecule has 0 atom stereocenters. The second-order valence-electron chi connectivity index (χ2n) is 12.3. The number of nitrogens with zero attached hydrogens (tertiary/aromatic N) is 9. The highest BCUT2D eigenvalue weighted by atomic mass is 16.7. The maximum absolute atomic E-state index is 12.6. The van der Waals surface area contributed by atoms with Crippen LogP contribution in [0.25, 0.3) is 22.3 Å². The topological polar surface area (TPSA) is 170 Å². The van der Waals surface area contributed by atoms with Gasteiger partial charge in [0.25, 0.3) is 11.1 Å². The van der Waals surface area contributed by atoms with Crippen molar-refractivity contribution < 1.29 is 14.4 Å². The zero-order valence-corrected chi connectivity index (χ0v) is 26.6. The van der Waals surface area contributed by atoms with Crippen molar-refractivity contribution in [2.45, 2.75) is 45.7 Å². The number of hydroxylamine groups is 2. The molecule has 0 bridgehead atoms. The summed E-state index contributed by atoms with van der Waals surface area (Å²) in [6.07, 6.45) is 5.86. The number of amides is 1. The molecule has 6 rings (SSSR count). The molecule has 4 heterocycles. The highest BCUT2D eigenvalue weighted by Gasteiger charge is 2.37. The van der Waals surface area contributed by atoms with Gasteiger partial charge in [0.05, 0.1) is 19.8 Å². The van der Waals surface area contributed by atoms with E-state index < -0.39 is 0 Å². The number of Topliss-reactive ketones (excluding diaryl/α,β-unsaturated/α-hetero) is 1. The SMILES string of the molecule is CC(=O)C1CC(Cn2c(=O)c3c(ncn3C)n(C)c2=O)C1.CON(C)C(=O)C1CC(Cn2c(=O)c3c(ncn3C)n(C)c2=O)C1. The van der Waals surface area contributed by atoms with E-state index in [9.17, 15) is 28.8 Å². The van der Waals surface area contributed by atoms with E-state index in [1.54, 1.807) is 51.3 Å². The van der Waals surface area contributed by atoms with Crippen molar-refractivity contribution in [2.75, 3.05) is 14.2 Å². The predicted molar refractivity (Wildman–Crippen MR) is 163 cm³/mol. The molecule has 242 valence electrons. The summed E-state index contributed by atoms with van der Waals surface area (Å²) in [5.41, 5.74) is 0.248. The maximum atomic E-state index is 12.6. The predicted octanol–water partition coefficient (Wildman–Crippen LogP) is -0.471. The first-order valence-electron chi connectivity index (χ1n) is 14.8. The molecule has 2 aliphatic rings. The molecule has 4 aromatic rings. The van der Waals surface area contributed by atoms with Crippen LogP contribution in [-0.2, 0) is 55.7 Å². The molecule has 0 N–H and O–H groups in total. The summed E-state index contributed by atoms with van der Waals surface area (Å²) < 4.78 is 8.55. The van der Waals surface area contributed by atoms with Crippen molar-refractivity contribution in [1.82, 2.24) is 42.4 Å². The quantitative estimate of drug-likeness (QED) is 0.246. The van der Waals surface area contributed by atoms with Crippen molar-refractivity contribution in [2.24, 2.45) is 51.9 Å². The zero-order chi connectivity index (χ0) is 32.9. The first-order valence-corrected chi connectivity index (χ1v) is 14.8. The Kier molecular flexibility index (Phi) is 8.53. The fourth-order valence-electron chi connectivity index (χ4n) is 6.28. The highest BCUT2D eigenvalue weighted by molar-refractivity contribution is 5.79. The van der Waals surface area contributed by atoms with E-state index in [1.165, 1.54) is 43.1 Å². The Morgan fingerprint density at radius 1 is 0.778 bits per heavy atom. The van der Waals surface area contributed by atoms with E-state index in [2.05, 4.69) is 9.97 Å². The van der Waals surface area contributed by atoms with Gasteiger partial charge in [0.1, 0.15) is 5.78 Å². The molecule has 0 spiro atoms. The zero-order valence-electron chi connectivity index (χ0n) is 26.6. The van der Waals surface area contributed by atoms with E-state index in [4.69, 9.17) is 4.84 Å². The Balaban J connectivity index is 0.000000179. The maximum Gasteiger partial charge on any atom is 0.332 e. The first kappa shape index (κ1) is 31.8. The lowest BCUT2D eigenvalue weighted by Crippen LogP contribution is -2.45. The monoisotopic (exact) mass is 625 g/mol. The number of aryl methyl sites for hydroxylation is 4. The van der Waals surface area contributed by atoms with Crippen molar-refractivity contribution in [3.05, 3.63) is 54.3 Å². The van der Waals surface area contributed by atoms with Crippen LogP contribution in [0.5, 0.6) is 0 Å². The number of carbonyl (C=O) groups is 2. The summed E-state index contributed by atoms with van der Waals surface area (Å²) in [6, 6.07) is 0. The number of hydrogen-bond acceptors (Lipinski definition) is 9. The van der Waals surface area contributed by atoms with Gasteiger partial charge in [0, 0.05) is 60.2 Å². The van der Waals surface area contributed by atoms with Crippen LogP contribution < -0.4 is 22.5 Å². The minimum Gasteiger partial charge on any atom is -0.328 e. The van der Waals surface area contributed by atoms with Crippen molar-refractivity contribution in [3.63, 3.8) is 0 Å². The van der Waals surface area contributed by atoms with Gasteiger partial charge in [-0.25, -0.2) is 24.6 Å². The summed E-state index contributed by atoms with van der Waals surface area (Å²) in [4.78, 5) is 86.2. The Hall–Kier alpha value is -4.60. The van der Waals surface area contributed by atoms with Crippen molar-refractivity contribution in [3.8, 4) is 0 Å². The van der Waals surface area contributed by atoms with Gasteiger partial charge >= 0.3 is 11.4 Å². The van der Waals surface area contributed by atoms with Crippen LogP contribution in [0.2, 0.25) is 0 Å². The molecule has 2 fully saturated rings. The number of ketones is 1. The van der Waals surface area contributed by atoms with Crippen molar-refractivity contribution >= 4 is 34.0 Å². The van der Waals surface area contributed by atoms with Crippen LogP contribution in [0.4, 0.5) is 0 Å². The van der Waals surface area contributed by atoms with E-state index >= 15 is 0 Å². The fraction of sp³-hybridized carbons (Fsp3) is 0.586. The van der Waals surface area contributed by atoms with Crippen LogP contribution in [0.15, 0.2) is 31.8 Å². The summed E-state index contributed by atoms with van der Waals surface area (Å²) in [5.74, 6) is 0.440. The van der Waals surface area contributed by atoms with E-state index in [0.717, 1.165) is 12.8 Å². The molecule has 16 nitrogen and oxygen atoms in total.